The Morgan fingerprint density at radius 1 is 1.44 bits per heavy atom. The van der Waals surface area contributed by atoms with Crippen molar-refractivity contribution in [1.29, 1.82) is 0 Å². The van der Waals surface area contributed by atoms with Crippen molar-refractivity contribution in [3.63, 3.8) is 0 Å². The lowest BCUT2D eigenvalue weighted by atomic mass is 9.93. The Bertz CT molecular complexity index is 384. The molecule has 0 spiro atoms. The SMILES string of the molecule is C/C=C\C(C)=C/CC1=C(F)C(N)=C(C)CC1. The fraction of sp³-hybridized carbons (Fsp3) is 0.429. The summed E-state index contributed by atoms with van der Waals surface area (Å²) < 4.78 is 13.8. The molecule has 0 aromatic rings. The summed E-state index contributed by atoms with van der Waals surface area (Å²) in [5.41, 5.74) is 8.99. The molecule has 0 aromatic heterocycles. The minimum atomic E-state index is -0.201. The molecule has 0 amide bonds. The lowest BCUT2D eigenvalue weighted by Gasteiger charge is -2.16. The minimum Gasteiger partial charge on any atom is -0.396 e. The molecule has 1 aliphatic rings. The average molecular weight is 221 g/mol. The third-order valence-electron chi connectivity index (χ3n) is 2.91. The number of allylic oxidation sites excluding steroid dienone is 7. The van der Waals surface area contributed by atoms with E-state index in [1.54, 1.807) is 0 Å². The first-order valence-corrected chi connectivity index (χ1v) is 5.68. The van der Waals surface area contributed by atoms with Crippen molar-refractivity contribution in [3.8, 4) is 0 Å². The van der Waals surface area contributed by atoms with E-state index in [9.17, 15) is 4.39 Å². The molecule has 0 heterocycles. The summed E-state index contributed by atoms with van der Waals surface area (Å²) in [6, 6.07) is 0. The van der Waals surface area contributed by atoms with Gasteiger partial charge < -0.3 is 5.73 Å². The molecule has 0 unspecified atom stereocenters. The van der Waals surface area contributed by atoms with Crippen molar-refractivity contribution >= 4 is 0 Å². The molecule has 0 saturated carbocycles. The zero-order valence-electron chi connectivity index (χ0n) is 10.3. The van der Waals surface area contributed by atoms with E-state index < -0.39 is 0 Å². The van der Waals surface area contributed by atoms with E-state index in [-0.39, 0.29) is 5.83 Å². The van der Waals surface area contributed by atoms with Crippen LogP contribution >= 0.6 is 0 Å². The molecule has 1 aliphatic carbocycles. The van der Waals surface area contributed by atoms with Crippen LogP contribution in [-0.2, 0) is 0 Å². The van der Waals surface area contributed by atoms with Crippen LogP contribution in [0.25, 0.3) is 0 Å². The van der Waals surface area contributed by atoms with Gasteiger partial charge in [0.15, 0.2) is 0 Å². The lowest BCUT2D eigenvalue weighted by Crippen LogP contribution is -2.09. The highest BCUT2D eigenvalue weighted by Gasteiger charge is 2.16. The molecule has 0 fully saturated rings. The summed E-state index contributed by atoms with van der Waals surface area (Å²) in [4.78, 5) is 0. The van der Waals surface area contributed by atoms with E-state index >= 15 is 0 Å². The molecule has 2 heteroatoms. The van der Waals surface area contributed by atoms with E-state index in [0.717, 1.165) is 29.6 Å². The molecule has 0 bridgehead atoms. The largest absolute Gasteiger partial charge is 0.396 e. The number of hydrogen-bond donors (Lipinski definition) is 1. The Morgan fingerprint density at radius 2 is 2.12 bits per heavy atom. The van der Waals surface area contributed by atoms with Gasteiger partial charge in [-0.15, -0.1) is 0 Å². The highest BCUT2D eigenvalue weighted by Crippen LogP contribution is 2.30. The second kappa shape index (κ2) is 5.69. The number of halogens is 1. The average Bonchev–Trinajstić information content (AvgIpc) is 2.25. The topological polar surface area (TPSA) is 26.0 Å². The van der Waals surface area contributed by atoms with Crippen molar-refractivity contribution in [2.75, 3.05) is 0 Å². The summed E-state index contributed by atoms with van der Waals surface area (Å²) >= 11 is 0. The summed E-state index contributed by atoms with van der Waals surface area (Å²) in [7, 11) is 0. The molecule has 16 heavy (non-hydrogen) atoms. The van der Waals surface area contributed by atoms with Gasteiger partial charge in [-0.05, 0) is 51.2 Å². The Kier molecular flexibility index (Phi) is 4.53. The Morgan fingerprint density at radius 3 is 2.75 bits per heavy atom. The van der Waals surface area contributed by atoms with Crippen molar-refractivity contribution in [1.82, 2.24) is 0 Å². The predicted molar refractivity (Wildman–Crippen MR) is 67.4 cm³/mol. The smallest absolute Gasteiger partial charge is 0.145 e. The van der Waals surface area contributed by atoms with Crippen LogP contribution in [0.1, 0.15) is 40.0 Å². The Balaban J connectivity index is 2.80. The number of nitrogens with two attached hydrogens (primary N) is 1. The quantitative estimate of drug-likeness (QED) is 0.712. The number of rotatable bonds is 3. The summed E-state index contributed by atoms with van der Waals surface area (Å²) in [6.45, 7) is 5.89. The monoisotopic (exact) mass is 221 g/mol. The van der Waals surface area contributed by atoms with Gasteiger partial charge in [0.1, 0.15) is 5.83 Å². The molecule has 1 rings (SSSR count). The van der Waals surface area contributed by atoms with Gasteiger partial charge in [-0.1, -0.05) is 23.8 Å². The van der Waals surface area contributed by atoms with Gasteiger partial charge in [0, 0.05) is 0 Å². The second-order valence-electron chi connectivity index (χ2n) is 4.26. The Hall–Kier alpha value is -1.31. The van der Waals surface area contributed by atoms with Crippen LogP contribution in [0.3, 0.4) is 0 Å². The standard InChI is InChI=1S/C14H20FN/c1-4-5-10(2)6-8-12-9-7-11(3)14(16)13(12)15/h4-6H,7-9,16H2,1-3H3/b5-4-,10-6-. The van der Waals surface area contributed by atoms with Gasteiger partial charge in [-0.3, -0.25) is 0 Å². The molecular weight excluding hydrogens is 201 g/mol. The van der Waals surface area contributed by atoms with Crippen molar-refractivity contribution < 1.29 is 4.39 Å². The van der Waals surface area contributed by atoms with Crippen LogP contribution in [0.15, 0.2) is 46.5 Å². The molecule has 0 atom stereocenters. The maximum absolute atomic E-state index is 13.8. The normalized spacial score (nSPS) is 18.9. The van der Waals surface area contributed by atoms with E-state index in [2.05, 4.69) is 0 Å². The molecular formula is C14H20FN. The molecule has 0 saturated heterocycles. The van der Waals surface area contributed by atoms with Crippen LogP contribution in [-0.4, -0.2) is 0 Å². The molecule has 88 valence electrons. The Labute approximate surface area is 97.2 Å². The first-order chi connectivity index (χ1) is 7.56. The van der Waals surface area contributed by atoms with Gasteiger partial charge in [-0.25, -0.2) is 4.39 Å². The summed E-state index contributed by atoms with van der Waals surface area (Å²) in [5.74, 6) is -0.201. The lowest BCUT2D eigenvalue weighted by molar-refractivity contribution is 0.603. The first-order valence-electron chi connectivity index (χ1n) is 5.68. The van der Waals surface area contributed by atoms with Crippen LogP contribution in [0.5, 0.6) is 0 Å². The number of hydrogen-bond acceptors (Lipinski definition) is 1. The second-order valence-corrected chi connectivity index (χ2v) is 4.26. The predicted octanol–water partition coefficient (Wildman–Crippen LogP) is 4.15. The summed E-state index contributed by atoms with van der Waals surface area (Å²) in [5, 5.41) is 0. The molecule has 2 N–H and O–H groups in total. The van der Waals surface area contributed by atoms with Crippen LogP contribution in [0, 0.1) is 0 Å². The van der Waals surface area contributed by atoms with E-state index in [0.29, 0.717) is 12.1 Å². The molecule has 0 aliphatic heterocycles. The van der Waals surface area contributed by atoms with Gasteiger partial charge in [-0.2, -0.15) is 0 Å². The van der Waals surface area contributed by atoms with E-state index in [1.807, 2.05) is 39.0 Å². The van der Waals surface area contributed by atoms with Crippen molar-refractivity contribution in [3.05, 3.63) is 46.5 Å². The maximum Gasteiger partial charge on any atom is 0.145 e. The highest BCUT2D eigenvalue weighted by atomic mass is 19.1. The fourth-order valence-corrected chi connectivity index (χ4v) is 1.77. The molecule has 0 radical (unpaired) electrons. The van der Waals surface area contributed by atoms with Gasteiger partial charge in [0.2, 0.25) is 0 Å². The van der Waals surface area contributed by atoms with E-state index in [1.165, 1.54) is 0 Å². The minimum absolute atomic E-state index is 0.201. The zero-order chi connectivity index (χ0) is 12.1. The third kappa shape index (κ3) is 3.09. The van der Waals surface area contributed by atoms with Crippen LogP contribution in [0.4, 0.5) is 4.39 Å². The third-order valence-corrected chi connectivity index (χ3v) is 2.91. The first kappa shape index (κ1) is 12.8. The fourth-order valence-electron chi connectivity index (χ4n) is 1.77. The van der Waals surface area contributed by atoms with E-state index in [4.69, 9.17) is 5.73 Å². The highest BCUT2D eigenvalue weighted by molar-refractivity contribution is 5.37. The van der Waals surface area contributed by atoms with Gasteiger partial charge >= 0.3 is 0 Å². The van der Waals surface area contributed by atoms with Gasteiger partial charge in [0.05, 0.1) is 5.70 Å². The zero-order valence-corrected chi connectivity index (χ0v) is 10.3. The van der Waals surface area contributed by atoms with Crippen molar-refractivity contribution in [2.45, 2.75) is 40.0 Å². The van der Waals surface area contributed by atoms with Crippen molar-refractivity contribution in [2.24, 2.45) is 5.73 Å². The summed E-state index contributed by atoms with van der Waals surface area (Å²) in [6.07, 6.45) is 8.38. The van der Waals surface area contributed by atoms with Gasteiger partial charge in [0.25, 0.3) is 0 Å². The van der Waals surface area contributed by atoms with Crippen LogP contribution in [0.2, 0.25) is 0 Å². The van der Waals surface area contributed by atoms with Crippen LogP contribution < -0.4 is 5.73 Å². The molecule has 1 nitrogen and oxygen atoms in total. The molecule has 0 aromatic carbocycles. The maximum atomic E-state index is 13.8.